The summed E-state index contributed by atoms with van der Waals surface area (Å²) in [5.74, 6) is 0.655. The summed E-state index contributed by atoms with van der Waals surface area (Å²) >= 11 is 0. The zero-order chi connectivity index (χ0) is 18.8. The van der Waals surface area contributed by atoms with Crippen molar-refractivity contribution in [2.24, 2.45) is 7.05 Å². The summed E-state index contributed by atoms with van der Waals surface area (Å²) in [4.78, 5) is 23.4. The molecule has 4 rings (SSSR count). The summed E-state index contributed by atoms with van der Waals surface area (Å²) in [5, 5.41) is 14.7. The minimum absolute atomic E-state index is 0.106. The maximum atomic E-state index is 12.4. The van der Waals surface area contributed by atoms with Crippen LogP contribution in [0.4, 0.5) is 0 Å². The number of likely N-dealkylation sites (tertiary alicyclic amines) is 1. The zero-order valence-corrected chi connectivity index (χ0v) is 15.4. The van der Waals surface area contributed by atoms with Crippen LogP contribution in [0, 0.1) is 0 Å². The number of Topliss-reactive ketones (excluding diaryl/α,β-unsaturated/α-hetero) is 1. The highest BCUT2D eigenvalue weighted by molar-refractivity contribution is 5.85. The number of hydrogen-bond acceptors (Lipinski definition) is 6. The second-order valence-electron chi connectivity index (χ2n) is 7.19. The third-order valence-electron chi connectivity index (χ3n) is 4.98. The van der Waals surface area contributed by atoms with Gasteiger partial charge in [-0.1, -0.05) is 12.1 Å². The molecule has 0 amide bonds. The minimum atomic E-state index is -0.228. The van der Waals surface area contributed by atoms with Crippen molar-refractivity contribution >= 4 is 16.7 Å². The van der Waals surface area contributed by atoms with Gasteiger partial charge in [-0.25, -0.2) is 9.97 Å². The van der Waals surface area contributed by atoms with Crippen molar-refractivity contribution in [3.8, 4) is 11.1 Å². The molecule has 0 bridgehead atoms. The molecule has 0 aliphatic carbocycles. The average molecular weight is 365 g/mol. The number of ketones is 1. The van der Waals surface area contributed by atoms with Gasteiger partial charge in [0.05, 0.1) is 30.8 Å². The van der Waals surface area contributed by atoms with Gasteiger partial charge in [0.25, 0.3) is 0 Å². The Morgan fingerprint density at radius 1 is 1.22 bits per heavy atom. The van der Waals surface area contributed by atoms with E-state index in [0.717, 1.165) is 48.0 Å². The lowest BCUT2D eigenvalue weighted by Gasteiger charge is -2.28. The van der Waals surface area contributed by atoms with E-state index >= 15 is 0 Å². The van der Waals surface area contributed by atoms with Crippen LogP contribution >= 0.6 is 0 Å². The standard InChI is InChI=1S/C20H23N5O2/c1-24-12-16(11-22-24)14-2-3-15-10-21-20(23-19(15)8-14)9-18(27)13-25-6-4-17(26)5-7-25/h2-3,8,10-12,17,26H,4-7,9,13H2,1H3. The molecule has 0 unspecified atom stereocenters. The number of aliphatic hydroxyl groups excluding tert-OH is 1. The average Bonchev–Trinajstić information content (AvgIpc) is 3.09. The first-order valence-corrected chi connectivity index (χ1v) is 9.23. The summed E-state index contributed by atoms with van der Waals surface area (Å²) in [7, 11) is 1.89. The fourth-order valence-electron chi connectivity index (χ4n) is 3.46. The van der Waals surface area contributed by atoms with Crippen molar-refractivity contribution in [2.75, 3.05) is 19.6 Å². The Labute approximate surface area is 157 Å². The second-order valence-corrected chi connectivity index (χ2v) is 7.19. The Bertz CT molecular complexity index is 960. The van der Waals surface area contributed by atoms with Crippen molar-refractivity contribution in [3.63, 3.8) is 0 Å². The number of aliphatic hydroxyl groups is 1. The highest BCUT2D eigenvalue weighted by Gasteiger charge is 2.19. The largest absolute Gasteiger partial charge is 0.393 e. The summed E-state index contributed by atoms with van der Waals surface area (Å²) in [6.07, 6.45) is 7.02. The molecule has 2 aromatic heterocycles. The molecule has 0 atom stereocenters. The van der Waals surface area contributed by atoms with Crippen LogP contribution in [-0.4, -0.2) is 61.3 Å². The summed E-state index contributed by atoms with van der Waals surface area (Å²) in [6.45, 7) is 1.92. The quantitative estimate of drug-likeness (QED) is 0.739. The van der Waals surface area contributed by atoms with Gasteiger partial charge in [-0.05, 0) is 24.5 Å². The first-order valence-electron chi connectivity index (χ1n) is 9.23. The van der Waals surface area contributed by atoms with E-state index in [1.807, 2.05) is 37.6 Å². The van der Waals surface area contributed by atoms with E-state index in [0.29, 0.717) is 12.4 Å². The third kappa shape index (κ3) is 4.20. The Morgan fingerprint density at radius 2 is 2.04 bits per heavy atom. The molecule has 1 fully saturated rings. The van der Waals surface area contributed by atoms with Crippen LogP contribution in [-0.2, 0) is 18.3 Å². The van der Waals surface area contributed by atoms with Gasteiger partial charge in [0, 0.05) is 43.5 Å². The van der Waals surface area contributed by atoms with Crippen LogP contribution in [0.3, 0.4) is 0 Å². The lowest BCUT2D eigenvalue weighted by atomic mass is 10.1. The maximum absolute atomic E-state index is 12.4. The first-order chi connectivity index (χ1) is 13.1. The molecule has 0 radical (unpaired) electrons. The number of aryl methyl sites for hydroxylation is 1. The number of carbonyl (C=O) groups excluding carboxylic acids is 1. The van der Waals surface area contributed by atoms with Crippen LogP contribution in [0.25, 0.3) is 22.0 Å². The number of rotatable bonds is 5. The first kappa shape index (κ1) is 17.8. The van der Waals surface area contributed by atoms with E-state index in [9.17, 15) is 9.90 Å². The van der Waals surface area contributed by atoms with E-state index in [1.54, 1.807) is 10.9 Å². The molecule has 1 N–H and O–H groups in total. The summed E-state index contributed by atoms with van der Waals surface area (Å²) < 4.78 is 1.77. The van der Waals surface area contributed by atoms with Crippen LogP contribution < -0.4 is 0 Å². The molecule has 3 heterocycles. The molecular formula is C20H23N5O2. The van der Waals surface area contributed by atoms with Crippen molar-refractivity contribution in [3.05, 3.63) is 42.6 Å². The van der Waals surface area contributed by atoms with Crippen LogP contribution in [0.2, 0.25) is 0 Å². The van der Waals surface area contributed by atoms with Crippen LogP contribution in [0.5, 0.6) is 0 Å². The number of piperidine rings is 1. The van der Waals surface area contributed by atoms with Gasteiger partial charge in [0.2, 0.25) is 0 Å². The Kier molecular flexibility index (Phi) is 4.96. The predicted molar refractivity (Wildman–Crippen MR) is 102 cm³/mol. The topological polar surface area (TPSA) is 84.1 Å². The number of carbonyl (C=O) groups is 1. The molecule has 7 heteroatoms. The number of aromatic nitrogens is 4. The van der Waals surface area contributed by atoms with E-state index in [4.69, 9.17) is 0 Å². The van der Waals surface area contributed by atoms with Crippen molar-refractivity contribution in [2.45, 2.75) is 25.4 Å². The lowest BCUT2D eigenvalue weighted by molar-refractivity contribution is -0.120. The summed E-state index contributed by atoms with van der Waals surface area (Å²) in [5.41, 5.74) is 2.90. The molecule has 1 aliphatic rings. The van der Waals surface area contributed by atoms with Gasteiger partial charge in [0.1, 0.15) is 5.82 Å². The molecule has 27 heavy (non-hydrogen) atoms. The van der Waals surface area contributed by atoms with Gasteiger partial charge in [-0.3, -0.25) is 14.4 Å². The second kappa shape index (κ2) is 7.54. The highest BCUT2D eigenvalue weighted by Crippen LogP contribution is 2.22. The highest BCUT2D eigenvalue weighted by atomic mass is 16.3. The van der Waals surface area contributed by atoms with E-state index in [-0.39, 0.29) is 18.3 Å². The third-order valence-corrected chi connectivity index (χ3v) is 4.98. The molecule has 1 aromatic carbocycles. The minimum Gasteiger partial charge on any atom is -0.393 e. The van der Waals surface area contributed by atoms with Gasteiger partial charge in [0.15, 0.2) is 5.78 Å². The predicted octanol–water partition coefficient (Wildman–Crippen LogP) is 1.60. The van der Waals surface area contributed by atoms with E-state index < -0.39 is 0 Å². The Morgan fingerprint density at radius 3 is 2.78 bits per heavy atom. The molecule has 140 valence electrons. The fourth-order valence-corrected chi connectivity index (χ4v) is 3.46. The van der Waals surface area contributed by atoms with Crippen molar-refractivity contribution < 1.29 is 9.90 Å². The molecule has 3 aromatic rings. The van der Waals surface area contributed by atoms with Gasteiger partial charge in [-0.15, -0.1) is 0 Å². The molecule has 7 nitrogen and oxygen atoms in total. The van der Waals surface area contributed by atoms with Gasteiger partial charge < -0.3 is 5.11 Å². The lowest BCUT2D eigenvalue weighted by Crippen LogP contribution is -2.39. The van der Waals surface area contributed by atoms with E-state index in [2.05, 4.69) is 20.0 Å². The molecular weight excluding hydrogens is 342 g/mol. The van der Waals surface area contributed by atoms with Crippen molar-refractivity contribution in [1.82, 2.24) is 24.6 Å². The van der Waals surface area contributed by atoms with Crippen LogP contribution in [0.15, 0.2) is 36.8 Å². The monoisotopic (exact) mass is 365 g/mol. The van der Waals surface area contributed by atoms with Crippen LogP contribution in [0.1, 0.15) is 18.7 Å². The molecule has 0 saturated carbocycles. The number of nitrogens with zero attached hydrogens (tertiary/aromatic N) is 5. The van der Waals surface area contributed by atoms with Gasteiger partial charge >= 0.3 is 0 Å². The SMILES string of the molecule is Cn1cc(-c2ccc3cnc(CC(=O)CN4CCC(O)CC4)nc3c2)cn1. The zero-order valence-electron chi connectivity index (χ0n) is 15.4. The number of fused-ring (bicyclic) bond motifs is 1. The Balaban J connectivity index is 1.48. The smallest absolute Gasteiger partial charge is 0.154 e. The molecule has 1 aliphatic heterocycles. The normalized spacial score (nSPS) is 16.1. The Hall–Kier alpha value is -2.64. The number of benzene rings is 1. The summed E-state index contributed by atoms with van der Waals surface area (Å²) in [6, 6.07) is 6.02. The number of hydrogen-bond donors (Lipinski definition) is 1. The van der Waals surface area contributed by atoms with E-state index in [1.165, 1.54) is 0 Å². The van der Waals surface area contributed by atoms with Gasteiger partial charge in [-0.2, -0.15) is 5.10 Å². The molecule has 1 saturated heterocycles. The molecule has 0 spiro atoms. The maximum Gasteiger partial charge on any atom is 0.154 e. The fraction of sp³-hybridized carbons (Fsp3) is 0.400. The van der Waals surface area contributed by atoms with Crippen molar-refractivity contribution in [1.29, 1.82) is 0 Å².